The first kappa shape index (κ1) is 13.9. The minimum absolute atomic E-state index is 0.137. The largest absolute Gasteiger partial charge is 0.457 e. The lowest BCUT2D eigenvalue weighted by atomic mass is 10.1. The molecule has 1 N–H and O–H groups in total. The minimum Gasteiger partial charge on any atom is -0.457 e. The van der Waals surface area contributed by atoms with E-state index in [0.29, 0.717) is 31.2 Å². The van der Waals surface area contributed by atoms with Gasteiger partial charge >= 0.3 is 0 Å². The van der Waals surface area contributed by atoms with E-state index in [9.17, 15) is 4.79 Å². The molecule has 0 bridgehead atoms. The molecule has 4 nitrogen and oxygen atoms in total. The molecular formula is C13H21NO3. The van der Waals surface area contributed by atoms with Crippen molar-refractivity contribution in [3.8, 4) is 0 Å². The van der Waals surface area contributed by atoms with Crippen LogP contribution in [0.25, 0.3) is 0 Å². The second-order valence-corrected chi connectivity index (χ2v) is 4.09. The number of rotatable bonds is 8. The van der Waals surface area contributed by atoms with Crippen molar-refractivity contribution in [3.63, 3.8) is 0 Å². The van der Waals surface area contributed by atoms with E-state index >= 15 is 0 Å². The number of nitrogens with zero attached hydrogens (tertiary/aromatic N) is 1. The predicted molar refractivity (Wildman–Crippen MR) is 66.0 cm³/mol. The fourth-order valence-corrected chi connectivity index (χ4v) is 2.07. The van der Waals surface area contributed by atoms with Gasteiger partial charge < -0.3 is 9.52 Å². The summed E-state index contributed by atoms with van der Waals surface area (Å²) in [6, 6.07) is 3.93. The van der Waals surface area contributed by atoms with Crippen molar-refractivity contribution >= 4 is 6.29 Å². The molecule has 0 fully saturated rings. The third kappa shape index (κ3) is 3.98. The van der Waals surface area contributed by atoms with E-state index in [0.717, 1.165) is 18.6 Å². The van der Waals surface area contributed by atoms with Crippen molar-refractivity contribution in [1.29, 1.82) is 0 Å². The van der Waals surface area contributed by atoms with Crippen LogP contribution < -0.4 is 0 Å². The number of hydrogen-bond acceptors (Lipinski definition) is 4. The molecule has 0 aliphatic carbocycles. The van der Waals surface area contributed by atoms with Gasteiger partial charge in [-0.15, -0.1) is 0 Å². The Morgan fingerprint density at radius 3 is 2.59 bits per heavy atom. The van der Waals surface area contributed by atoms with Crippen LogP contribution in [0.5, 0.6) is 0 Å². The molecular weight excluding hydrogens is 218 g/mol. The topological polar surface area (TPSA) is 53.7 Å². The molecule has 0 saturated heterocycles. The summed E-state index contributed by atoms with van der Waals surface area (Å²) in [4.78, 5) is 12.7. The first-order chi connectivity index (χ1) is 8.24. The van der Waals surface area contributed by atoms with Gasteiger partial charge in [0, 0.05) is 12.6 Å². The molecule has 4 heteroatoms. The van der Waals surface area contributed by atoms with E-state index < -0.39 is 0 Å². The summed E-state index contributed by atoms with van der Waals surface area (Å²) in [7, 11) is 0. The maximum Gasteiger partial charge on any atom is 0.185 e. The first-order valence-corrected chi connectivity index (χ1v) is 6.13. The smallest absolute Gasteiger partial charge is 0.185 e. The SMILES string of the molecule is CCC(CC)N(CCO)Cc1ccc(C=O)o1. The van der Waals surface area contributed by atoms with Crippen molar-refractivity contribution in [2.24, 2.45) is 0 Å². The Balaban J connectivity index is 2.67. The Kier molecular flexibility index (Phi) is 5.94. The molecule has 1 aromatic heterocycles. The zero-order chi connectivity index (χ0) is 12.7. The third-order valence-corrected chi connectivity index (χ3v) is 3.00. The van der Waals surface area contributed by atoms with Crippen LogP contribution in [0.4, 0.5) is 0 Å². The summed E-state index contributed by atoms with van der Waals surface area (Å²) in [5.41, 5.74) is 0. The summed E-state index contributed by atoms with van der Waals surface area (Å²) < 4.78 is 5.36. The van der Waals surface area contributed by atoms with Crippen molar-refractivity contribution in [3.05, 3.63) is 23.7 Å². The highest BCUT2D eigenvalue weighted by atomic mass is 16.3. The van der Waals surface area contributed by atoms with Crippen molar-refractivity contribution in [1.82, 2.24) is 4.90 Å². The van der Waals surface area contributed by atoms with Crippen molar-refractivity contribution in [2.45, 2.75) is 39.3 Å². The highest BCUT2D eigenvalue weighted by Crippen LogP contribution is 2.14. The van der Waals surface area contributed by atoms with Gasteiger partial charge in [0.15, 0.2) is 12.0 Å². The normalized spacial score (nSPS) is 11.4. The highest BCUT2D eigenvalue weighted by Gasteiger charge is 2.16. The molecule has 1 rings (SSSR count). The molecule has 0 aliphatic rings. The van der Waals surface area contributed by atoms with Crippen LogP contribution in [0.15, 0.2) is 16.5 Å². The monoisotopic (exact) mass is 239 g/mol. The van der Waals surface area contributed by atoms with Gasteiger partial charge in [0.2, 0.25) is 0 Å². The lowest BCUT2D eigenvalue weighted by molar-refractivity contribution is 0.108. The van der Waals surface area contributed by atoms with Gasteiger partial charge in [-0.25, -0.2) is 0 Å². The number of carbonyl (C=O) groups is 1. The average Bonchev–Trinajstić information content (AvgIpc) is 2.78. The Hall–Kier alpha value is -1.13. The predicted octanol–water partition coefficient (Wildman–Crippen LogP) is 2.08. The van der Waals surface area contributed by atoms with E-state index in [-0.39, 0.29) is 6.61 Å². The molecule has 0 amide bonds. The molecule has 1 heterocycles. The lowest BCUT2D eigenvalue weighted by Crippen LogP contribution is -2.36. The van der Waals surface area contributed by atoms with Crippen molar-refractivity contribution < 1.29 is 14.3 Å². The number of aliphatic hydroxyl groups excluding tert-OH is 1. The standard InChI is InChI=1S/C13H21NO3/c1-3-11(4-2)14(7-8-15)9-12-5-6-13(10-16)17-12/h5-6,10-11,15H,3-4,7-9H2,1-2H3. The minimum atomic E-state index is 0.137. The highest BCUT2D eigenvalue weighted by molar-refractivity contribution is 5.70. The van der Waals surface area contributed by atoms with Gasteiger partial charge in [-0.3, -0.25) is 9.69 Å². The third-order valence-electron chi connectivity index (χ3n) is 3.00. The molecule has 17 heavy (non-hydrogen) atoms. The number of carbonyl (C=O) groups excluding carboxylic acids is 1. The molecule has 0 saturated carbocycles. The Morgan fingerprint density at radius 1 is 1.41 bits per heavy atom. The lowest BCUT2D eigenvalue weighted by Gasteiger charge is -2.28. The summed E-state index contributed by atoms with van der Waals surface area (Å²) in [5, 5.41) is 9.08. The molecule has 1 aromatic rings. The van der Waals surface area contributed by atoms with Gasteiger partial charge in [-0.2, -0.15) is 0 Å². The summed E-state index contributed by atoms with van der Waals surface area (Å²) in [6.45, 7) is 5.68. The molecule has 96 valence electrons. The van der Waals surface area contributed by atoms with Gasteiger partial charge in [0.1, 0.15) is 5.76 Å². The second-order valence-electron chi connectivity index (χ2n) is 4.09. The molecule has 0 atom stereocenters. The van der Waals surface area contributed by atoms with E-state index in [2.05, 4.69) is 18.7 Å². The van der Waals surface area contributed by atoms with Crippen LogP contribution in [-0.2, 0) is 6.54 Å². The quantitative estimate of drug-likeness (QED) is 0.706. The zero-order valence-electron chi connectivity index (χ0n) is 10.6. The Labute approximate surface area is 102 Å². The summed E-state index contributed by atoms with van der Waals surface area (Å²) >= 11 is 0. The van der Waals surface area contributed by atoms with Crippen LogP contribution >= 0.6 is 0 Å². The van der Waals surface area contributed by atoms with Crippen LogP contribution in [0.1, 0.15) is 43.0 Å². The van der Waals surface area contributed by atoms with E-state index in [4.69, 9.17) is 9.52 Å². The van der Waals surface area contributed by atoms with E-state index in [1.165, 1.54) is 0 Å². The Morgan fingerprint density at radius 2 is 2.12 bits per heavy atom. The molecule has 0 aliphatic heterocycles. The summed E-state index contributed by atoms with van der Waals surface area (Å²) in [6.07, 6.45) is 2.78. The van der Waals surface area contributed by atoms with Gasteiger partial charge in [0.05, 0.1) is 13.2 Å². The van der Waals surface area contributed by atoms with Crippen LogP contribution in [0.3, 0.4) is 0 Å². The van der Waals surface area contributed by atoms with Crippen LogP contribution in [0, 0.1) is 0 Å². The number of aldehydes is 1. The fraction of sp³-hybridized carbons (Fsp3) is 0.615. The van der Waals surface area contributed by atoms with Gasteiger partial charge in [-0.05, 0) is 25.0 Å². The van der Waals surface area contributed by atoms with E-state index in [1.54, 1.807) is 6.07 Å². The molecule has 0 spiro atoms. The fourth-order valence-electron chi connectivity index (χ4n) is 2.07. The van der Waals surface area contributed by atoms with Crippen LogP contribution in [0.2, 0.25) is 0 Å². The molecule has 0 aromatic carbocycles. The maximum atomic E-state index is 10.5. The van der Waals surface area contributed by atoms with Crippen LogP contribution in [-0.4, -0.2) is 35.5 Å². The number of aliphatic hydroxyl groups is 1. The number of hydrogen-bond donors (Lipinski definition) is 1. The maximum absolute atomic E-state index is 10.5. The van der Waals surface area contributed by atoms with Gasteiger partial charge in [-0.1, -0.05) is 13.8 Å². The first-order valence-electron chi connectivity index (χ1n) is 6.13. The molecule has 0 unspecified atom stereocenters. The van der Waals surface area contributed by atoms with E-state index in [1.807, 2.05) is 6.07 Å². The zero-order valence-corrected chi connectivity index (χ0v) is 10.6. The Bertz CT molecular complexity index is 331. The van der Waals surface area contributed by atoms with Gasteiger partial charge in [0.25, 0.3) is 0 Å². The van der Waals surface area contributed by atoms with Crippen molar-refractivity contribution in [2.75, 3.05) is 13.2 Å². The number of furan rings is 1. The molecule has 0 radical (unpaired) electrons. The second kappa shape index (κ2) is 7.25. The average molecular weight is 239 g/mol. The summed E-state index contributed by atoms with van der Waals surface area (Å²) in [5.74, 6) is 1.13.